The third kappa shape index (κ3) is 5.21. The molecule has 6 heteroatoms. The van der Waals surface area contributed by atoms with Crippen LogP contribution in [0.25, 0.3) is 0 Å². The van der Waals surface area contributed by atoms with E-state index in [1.165, 1.54) is 21.3 Å². The highest BCUT2D eigenvalue weighted by atomic mass is 31.2. The fourth-order valence-corrected chi connectivity index (χ4v) is 2.29. The molecule has 0 aliphatic carbocycles. The van der Waals surface area contributed by atoms with Gasteiger partial charge in [0.1, 0.15) is 12.3 Å². The molecule has 0 radical (unpaired) electrons. The molecule has 0 heterocycles. The van der Waals surface area contributed by atoms with Crippen molar-refractivity contribution in [3.8, 4) is 0 Å². The summed E-state index contributed by atoms with van der Waals surface area (Å²) in [4.78, 5) is 11.8. The van der Waals surface area contributed by atoms with Gasteiger partial charge in [0.15, 0.2) is 5.78 Å². The number of Topliss-reactive ketones (excluding diaryl/α,β-unsaturated/α-hetero) is 1. The summed E-state index contributed by atoms with van der Waals surface area (Å²) in [6.45, 7) is 2.03. The SMILES string of the molecule is CCCCC(OC)C(=O)CP(=O)(OC)OC. The lowest BCUT2D eigenvalue weighted by Crippen LogP contribution is -2.26. The van der Waals surface area contributed by atoms with Gasteiger partial charge in [-0.15, -0.1) is 0 Å². The molecule has 0 spiro atoms. The maximum atomic E-state index is 11.8. The maximum absolute atomic E-state index is 11.8. The Bertz CT molecular complexity index is 246. The fourth-order valence-electron chi connectivity index (χ4n) is 1.30. The molecule has 16 heavy (non-hydrogen) atoms. The molecule has 0 aromatic carbocycles. The summed E-state index contributed by atoms with van der Waals surface area (Å²) in [5.74, 6) is -0.233. The Labute approximate surface area is 97.0 Å². The van der Waals surface area contributed by atoms with E-state index in [0.29, 0.717) is 6.42 Å². The van der Waals surface area contributed by atoms with E-state index in [1.54, 1.807) is 0 Å². The molecule has 0 amide bonds. The Morgan fingerprint density at radius 3 is 2.19 bits per heavy atom. The third-order valence-electron chi connectivity index (χ3n) is 2.37. The Morgan fingerprint density at radius 1 is 1.25 bits per heavy atom. The van der Waals surface area contributed by atoms with Gasteiger partial charge in [-0.25, -0.2) is 0 Å². The van der Waals surface area contributed by atoms with E-state index < -0.39 is 13.7 Å². The van der Waals surface area contributed by atoms with E-state index in [9.17, 15) is 9.36 Å². The molecule has 5 nitrogen and oxygen atoms in total. The van der Waals surface area contributed by atoms with Crippen molar-refractivity contribution in [2.45, 2.75) is 32.3 Å². The molecule has 0 aliphatic rings. The van der Waals surface area contributed by atoms with Crippen molar-refractivity contribution in [1.82, 2.24) is 0 Å². The average molecular weight is 252 g/mol. The molecule has 96 valence electrons. The molecule has 0 saturated heterocycles. The van der Waals surface area contributed by atoms with Gasteiger partial charge in [-0.2, -0.15) is 0 Å². The predicted molar refractivity (Wildman–Crippen MR) is 61.8 cm³/mol. The topological polar surface area (TPSA) is 61.8 Å². The highest BCUT2D eigenvalue weighted by Gasteiger charge is 2.29. The zero-order valence-corrected chi connectivity index (χ0v) is 11.3. The molecule has 0 saturated carbocycles. The molecule has 0 bridgehead atoms. The smallest absolute Gasteiger partial charge is 0.337 e. The van der Waals surface area contributed by atoms with Gasteiger partial charge in [-0.05, 0) is 6.42 Å². The van der Waals surface area contributed by atoms with Gasteiger partial charge in [0.25, 0.3) is 0 Å². The number of carbonyl (C=O) groups is 1. The van der Waals surface area contributed by atoms with Crippen molar-refractivity contribution < 1.29 is 23.1 Å². The summed E-state index contributed by atoms with van der Waals surface area (Å²) in [5, 5.41) is 0. The molecule has 0 aromatic rings. The standard InChI is InChI=1S/C10H21O5P/c1-5-6-7-10(13-2)9(11)8-16(12,14-3)15-4/h10H,5-8H2,1-4H3. The van der Waals surface area contributed by atoms with Crippen molar-refractivity contribution in [1.29, 1.82) is 0 Å². The number of hydrogen-bond acceptors (Lipinski definition) is 5. The Kier molecular flexibility index (Phi) is 7.85. The summed E-state index contributed by atoms with van der Waals surface area (Å²) >= 11 is 0. The van der Waals surface area contributed by atoms with Gasteiger partial charge < -0.3 is 13.8 Å². The lowest BCUT2D eigenvalue weighted by Gasteiger charge is -2.17. The van der Waals surface area contributed by atoms with E-state index in [2.05, 4.69) is 0 Å². The first-order valence-corrected chi connectivity index (χ1v) is 7.01. The quantitative estimate of drug-likeness (QED) is 0.589. The predicted octanol–water partition coefficient (Wildman–Crippen LogP) is 2.25. The number of methoxy groups -OCH3 is 1. The molecular formula is C10H21O5P. The minimum atomic E-state index is -3.27. The first kappa shape index (κ1) is 15.8. The van der Waals surface area contributed by atoms with E-state index in [0.717, 1.165) is 12.8 Å². The van der Waals surface area contributed by atoms with Gasteiger partial charge in [-0.3, -0.25) is 9.36 Å². The molecule has 1 unspecified atom stereocenters. The Balaban J connectivity index is 4.35. The second-order valence-corrected chi connectivity index (χ2v) is 5.74. The van der Waals surface area contributed by atoms with Gasteiger partial charge in [0, 0.05) is 21.3 Å². The van der Waals surface area contributed by atoms with E-state index in [1.807, 2.05) is 6.92 Å². The number of carbonyl (C=O) groups excluding carboxylic acids is 1. The zero-order chi connectivity index (χ0) is 12.6. The van der Waals surface area contributed by atoms with E-state index in [4.69, 9.17) is 13.8 Å². The molecule has 0 rings (SSSR count). The zero-order valence-electron chi connectivity index (χ0n) is 10.4. The first-order chi connectivity index (χ1) is 7.52. The van der Waals surface area contributed by atoms with Crippen LogP contribution >= 0.6 is 7.60 Å². The van der Waals surface area contributed by atoms with Crippen molar-refractivity contribution in [3.63, 3.8) is 0 Å². The third-order valence-corrected chi connectivity index (χ3v) is 4.18. The number of unbranched alkanes of at least 4 members (excludes halogenated alkanes) is 1. The van der Waals surface area contributed by atoms with Gasteiger partial charge >= 0.3 is 7.60 Å². The number of hydrogen-bond donors (Lipinski definition) is 0. The van der Waals surface area contributed by atoms with Gasteiger partial charge in [-0.1, -0.05) is 19.8 Å². The highest BCUT2D eigenvalue weighted by molar-refractivity contribution is 7.54. The monoisotopic (exact) mass is 252 g/mol. The fraction of sp³-hybridized carbons (Fsp3) is 0.900. The van der Waals surface area contributed by atoms with Crippen LogP contribution in [-0.4, -0.2) is 39.4 Å². The van der Waals surface area contributed by atoms with E-state index in [-0.39, 0.29) is 11.9 Å². The number of ether oxygens (including phenoxy) is 1. The van der Waals surface area contributed by atoms with Crippen LogP contribution < -0.4 is 0 Å². The highest BCUT2D eigenvalue weighted by Crippen LogP contribution is 2.46. The lowest BCUT2D eigenvalue weighted by atomic mass is 10.1. The normalized spacial score (nSPS) is 13.8. The number of rotatable bonds is 9. The van der Waals surface area contributed by atoms with Crippen molar-refractivity contribution in [3.05, 3.63) is 0 Å². The van der Waals surface area contributed by atoms with Crippen LogP contribution in [0.15, 0.2) is 0 Å². The van der Waals surface area contributed by atoms with Crippen molar-refractivity contribution in [2.24, 2.45) is 0 Å². The molecule has 0 fully saturated rings. The lowest BCUT2D eigenvalue weighted by molar-refractivity contribution is -0.126. The average Bonchev–Trinajstić information content (AvgIpc) is 2.29. The Morgan fingerprint density at radius 2 is 1.81 bits per heavy atom. The molecule has 0 aliphatic heterocycles. The van der Waals surface area contributed by atoms with Crippen molar-refractivity contribution in [2.75, 3.05) is 27.5 Å². The minimum absolute atomic E-state index is 0.233. The van der Waals surface area contributed by atoms with Crippen LogP contribution in [0.2, 0.25) is 0 Å². The van der Waals surface area contributed by atoms with Crippen LogP contribution in [0.5, 0.6) is 0 Å². The molecule has 0 aromatic heterocycles. The van der Waals surface area contributed by atoms with Crippen molar-refractivity contribution >= 4 is 13.4 Å². The molecule has 0 N–H and O–H groups in total. The minimum Gasteiger partial charge on any atom is -0.374 e. The van der Waals surface area contributed by atoms with Crippen LogP contribution in [0.4, 0.5) is 0 Å². The van der Waals surface area contributed by atoms with Crippen LogP contribution in [0.1, 0.15) is 26.2 Å². The maximum Gasteiger partial charge on any atom is 0.337 e. The summed E-state index contributed by atoms with van der Waals surface area (Å²) < 4.78 is 26.2. The van der Waals surface area contributed by atoms with Crippen LogP contribution in [-0.2, 0) is 23.1 Å². The largest absolute Gasteiger partial charge is 0.374 e. The summed E-state index contributed by atoms with van der Waals surface area (Å²) in [6, 6.07) is 0. The van der Waals surface area contributed by atoms with Crippen LogP contribution in [0, 0.1) is 0 Å². The first-order valence-electron chi connectivity index (χ1n) is 5.29. The second kappa shape index (κ2) is 7.96. The van der Waals surface area contributed by atoms with Gasteiger partial charge in [0.05, 0.1) is 0 Å². The number of ketones is 1. The van der Waals surface area contributed by atoms with Gasteiger partial charge in [0.2, 0.25) is 0 Å². The summed E-state index contributed by atoms with van der Waals surface area (Å²) in [5.41, 5.74) is 0. The van der Waals surface area contributed by atoms with E-state index >= 15 is 0 Å². The van der Waals surface area contributed by atoms with Crippen LogP contribution in [0.3, 0.4) is 0 Å². The summed E-state index contributed by atoms with van der Waals surface area (Å²) in [7, 11) is 0.747. The molecule has 1 atom stereocenters. The second-order valence-electron chi connectivity index (χ2n) is 3.47. The molecular weight excluding hydrogens is 231 g/mol. The Hall–Kier alpha value is -0.220. The summed E-state index contributed by atoms with van der Waals surface area (Å²) in [6.07, 6.45) is 1.77.